The maximum Gasteiger partial charge on any atom is 0.408 e. The number of rotatable bonds is 12. The average molecular weight is 469 g/mol. The summed E-state index contributed by atoms with van der Waals surface area (Å²) in [5.41, 5.74) is 1.49. The third kappa shape index (κ3) is 7.93. The summed E-state index contributed by atoms with van der Waals surface area (Å²) < 4.78 is 11.3. The van der Waals surface area contributed by atoms with E-state index in [1.54, 1.807) is 0 Å². The molecule has 2 aliphatic carbocycles. The number of hydrogen-bond acceptors (Lipinski definition) is 4. The molecule has 1 aromatic rings. The largest absolute Gasteiger partial charge is 0.439 e. The van der Waals surface area contributed by atoms with Gasteiger partial charge >= 0.3 is 12.2 Å². The lowest BCUT2D eigenvalue weighted by Gasteiger charge is -2.38. The third-order valence-corrected chi connectivity index (χ3v) is 6.76. The minimum absolute atomic E-state index is 0.330. The van der Waals surface area contributed by atoms with Crippen LogP contribution in [0, 0.1) is 6.92 Å². The third-order valence-electron chi connectivity index (χ3n) is 6.76. The minimum Gasteiger partial charge on any atom is -0.439 e. The van der Waals surface area contributed by atoms with Gasteiger partial charge in [-0.15, -0.1) is 0 Å². The van der Waals surface area contributed by atoms with Crippen molar-refractivity contribution in [3.8, 4) is 0 Å². The average Bonchev–Trinajstić information content (AvgIpc) is 2.77. The van der Waals surface area contributed by atoms with E-state index in [1.807, 2.05) is 31.2 Å². The van der Waals surface area contributed by atoms with Crippen LogP contribution in [0.5, 0.6) is 0 Å². The van der Waals surface area contributed by atoms with Crippen molar-refractivity contribution in [1.29, 1.82) is 0 Å². The molecule has 2 amide bonds. The fourth-order valence-corrected chi connectivity index (χ4v) is 4.31. The SMILES string of the molecule is C/C=C/C1(OC(=O)NCCCCCCNC(=O)OC2(/C=C/c3ccc(C)cc3)CCC2)CCC1. The first kappa shape index (κ1) is 25.9. The van der Waals surface area contributed by atoms with E-state index in [4.69, 9.17) is 9.47 Å². The van der Waals surface area contributed by atoms with Crippen molar-refractivity contribution in [2.75, 3.05) is 13.1 Å². The van der Waals surface area contributed by atoms with Gasteiger partial charge in [-0.25, -0.2) is 9.59 Å². The standard InChI is InChI=1S/C28H40N2O4/c1-3-15-27(16-8-17-27)33-25(31)29-21-6-4-5-7-22-30-26(32)34-28(18-9-19-28)20-14-24-12-10-23(2)11-13-24/h3,10-15,20H,4-9,16-19,21-22H2,1-2H3,(H,29,31)(H,30,32)/b15-3+,20-14+. The van der Waals surface area contributed by atoms with Crippen LogP contribution in [0.1, 0.15) is 82.3 Å². The predicted octanol–water partition coefficient (Wildman–Crippen LogP) is 6.44. The lowest BCUT2D eigenvalue weighted by atomic mass is 9.79. The molecule has 0 saturated heterocycles. The normalized spacial score (nSPS) is 18.2. The number of benzene rings is 1. The van der Waals surface area contributed by atoms with Crippen LogP contribution in [0.3, 0.4) is 0 Å². The zero-order chi connectivity index (χ0) is 24.3. The summed E-state index contributed by atoms with van der Waals surface area (Å²) in [6.45, 7) is 5.22. The molecule has 2 fully saturated rings. The Morgan fingerprint density at radius 2 is 1.32 bits per heavy atom. The van der Waals surface area contributed by atoms with Crippen molar-refractivity contribution in [3.63, 3.8) is 0 Å². The number of ether oxygens (including phenoxy) is 2. The Hall–Kier alpha value is -2.76. The highest BCUT2D eigenvalue weighted by Crippen LogP contribution is 2.38. The summed E-state index contributed by atoms with van der Waals surface area (Å²) in [5, 5.41) is 5.73. The number of nitrogens with one attached hydrogen (secondary N) is 2. The van der Waals surface area contributed by atoms with Crippen molar-refractivity contribution in [1.82, 2.24) is 10.6 Å². The first-order valence-electron chi connectivity index (χ1n) is 12.8. The number of allylic oxidation sites excluding steroid dienone is 1. The number of alkyl carbamates (subject to hydrolysis) is 2. The van der Waals surface area contributed by atoms with E-state index in [1.165, 1.54) is 5.56 Å². The molecule has 1 aromatic carbocycles. The Bertz CT molecular complexity index is 852. The second kappa shape index (κ2) is 12.6. The maximum absolute atomic E-state index is 12.3. The van der Waals surface area contributed by atoms with Crippen LogP contribution in [-0.4, -0.2) is 36.5 Å². The van der Waals surface area contributed by atoms with Crippen molar-refractivity contribution < 1.29 is 19.1 Å². The van der Waals surface area contributed by atoms with E-state index in [9.17, 15) is 9.59 Å². The Balaban J connectivity index is 1.23. The van der Waals surface area contributed by atoms with Crippen LogP contribution in [0.2, 0.25) is 0 Å². The van der Waals surface area contributed by atoms with Crippen LogP contribution >= 0.6 is 0 Å². The van der Waals surface area contributed by atoms with E-state index in [-0.39, 0.29) is 17.8 Å². The quantitative estimate of drug-likeness (QED) is 0.273. The molecule has 2 N–H and O–H groups in total. The van der Waals surface area contributed by atoms with Crippen LogP contribution in [0.4, 0.5) is 9.59 Å². The van der Waals surface area contributed by atoms with E-state index < -0.39 is 5.60 Å². The van der Waals surface area contributed by atoms with Crippen molar-refractivity contribution >= 4 is 18.3 Å². The Labute approximate surface area is 204 Å². The number of amides is 2. The molecule has 6 nitrogen and oxygen atoms in total. The monoisotopic (exact) mass is 468 g/mol. The Morgan fingerprint density at radius 1 is 0.824 bits per heavy atom. The molecule has 0 aromatic heterocycles. The zero-order valence-electron chi connectivity index (χ0n) is 20.7. The van der Waals surface area contributed by atoms with Gasteiger partial charge in [0, 0.05) is 13.1 Å². The van der Waals surface area contributed by atoms with Crippen molar-refractivity contribution in [2.24, 2.45) is 0 Å². The maximum atomic E-state index is 12.3. The molecule has 3 rings (SSSR count). The summed E-state index contributed by atoms with van der Waals surface area (Å²) in [7, 11) is 0. The molecule has 0 spiro atoms. The zero-order valence-corrected chi connectivity index (χ0v) is 20.7. The van der Waals surface area contributed by atoms with Gasteiger partial charge in [0.2, 0.25) is 0 Å². The molecule has 0 radical (unpaired) electrons. The molecule has 0 bridgehead atoms. The van der Waals surface area contributed by atoms with Crippen LogP contribution in [0.15, 0.2) is 42.5 Å². The Morgan fingerprint density at radius 3 is 1.76 bits per heavy atom. The molecule has 0 aliphatic heterocycles. The first-order valence-corrected chi connectivity index (χ1v) is 12.8. The highest BCUT2D eigenvalue weighted by atomic mass is 16.6. The van der Waals surface area contributed by atoms with E-state index in [0.717, 1.165) is 69.8 Å². The van der Waals surface area contributed by atoms with Gasteiger partial charge < -0.3 is 20.1 Å². The van der Waals surface area contributed by atoms with Crippen molar-refractivity contribution in [3.05, 3.63) is 53.6 Å². The summed E-state index contributed by atoms with van der Waals surface area (Å²) in [6, 6.07) is 8.31. The molecule has 6 heteroatoms. The van der Waals surface area contributed by atoms with Crippen LogP contribution in [0.25, 0.3) is 6.08 Å². The van der Waals surface area contributed by atoms with Gasteiger partial charge in [-0.2, -0.15) is 0 Å². The molecular weight excluding hydrogens is 428 g/mol. The predicted molar refractivity (Wildman–Crippen MR) is 136 cm³/mol. The number of aryl methyl sites for hydroxylation is 1. The Kier molecular flexibility index (Phi) is 9.61. The number of unbranched alkanes of at least 4 members (excludes halogenated alkanes) is 3. The minimum atomic E-state index is -0.472. The first-order chi connectivity index (χ1) is 16.4. The summed E-state index contributed by atoms with van der Waals surface area (Å²) in [6.07, 6.45) is 16.8. The molecule has 186 valence electrons. The van der Waals surface area contributed by atoms with Crippen LogP contribution in [-0.2, 0) is 9.47 Å². The molecule has 0 heterocycles. The van der Waals surface area contributed by atoms with Crippen LogP contribution < -0.4 is 10.6 Å². The number of carbonyl (C=O) groups excluding carboxylic acids is 2. The summed E-state index contributed by atoms with van der Waals surface area (Å²) >= 11 is 0. The smallest absolute Gasteiger partial charge is 0.408 e. The van der Waals surface area contributed by atoms with Gasteiger partial charge in [-0.3, -0.25) is 0 Å². The lowest BCUT2D eigenvalue weighted by Crippen LogP contribution is -2.43. The topological polar surface area (TPSA) is 76.7 Å². The second-order valence-electron chi connectivity index (χ2n) is 9.63. The van der Waals surface area contributed by atoms with Gasteiger partial charge in [0.25, 0.3) is 0 Å². The van der Waals surface area contributed by atoms with E-state index in [0.29, 0.717) is 13.1 Å². The lowest BCUT2D eigenvalue weighted by molar-refractivity contribution is -0.00905. The van der Waals surface area contributed by atoms with E-state index >= 15 is 0 Å². The molecule has 2 aliphatic rings. The summed E-state index contributed by atoms with van der Waals surface area (Å²) in [5.74, 6) is 0. The molecule has 0 unspecified atom stereocenters. The van der Waals surface area contributed by atoms with Crippen molar-refractivity contribution in [2.45, 2.75) is 89.3 Å². The summed E-state index contributed by atoms with van der Waals surface area (Å²) in [4.78, 5) is 24.3. The van der Waals surface area contributed by atoms with Gasteiger partial charge in [0.15, 0.2) is 0 Å². The molecular formula is C28H40N2O4. The van der Waals surface area contributed by atoms with Gasteiger partial charge in [0.05, 0.1) is 0 Å². The highest BCUT2D eigenvalue weighted by Gasteiger charge is 2.39. The molecule has 2 saturated carbocycles. The highest BCUT2D eigenvalue weighted by molar-refractivity contribution is 5.69. The fourth-order valence-electron chi connectivity index (χ4n) is 4.31. The second-order valence-corrected chi connectivity index (χ2v) is 9.63. The van der Waals surface area contributed by atoms with Gasteiger partial charge in [-0.05, 0) is 82.9 Å². The van der Waals surface area contributed by atoms with E-state index in [2.05, 4.69) is 41.8 Å². The van der Waals surface area contributed by atoms with Gasteiger partial charge in [0.1, 0.15) is 11.2 Å². The number of carbonyl (C=O) groups is 2. The molecule has 0 atom stereocenters. The van der Waals surface area contributed by atoms with Gasteiger partial charge in [-0.1, -0.05) is 54.8 Å². The number of hydrogen-bond donors (Lipinski definition) is 2. The fraction of sp³-hybridized carbons (Fsp3) is 0.571. The molecule has 34 heavy (non-hydrogen) atoms.